The van der Waals surface area contributed by atoms with Gasteiger partial charge in [0.25, 0.3) is 0 Å². The maximum atomic E-state index is 14.0. The number of likely N-dealkylation sites (tertiary alicyclic amines) is 1. The van der Waals surface area contributed by atoms with Crippen molar-refractivity contribution in [2.24, 2.45) is 17.8 Å². The molecule has 0 saturated carbocycles. The third-order valence-corrected chi connectivity index (χ3v) is 8.38. The number of rotatable bonds is 10. The van der Waals surface area contributed by atoms with Crippen LogP contribution in [-0.4, -0.2) is 76.6 Å². The summed E-state index contributed by atoms with van der Waals surface area (Å²) < 4.78 is 11.7. The molecule has 3 fully saturated rings. The number of halogens is 1. The van der Waals surface area contributed by atoms with Gasteiger partial charge in [-0.25, -0.2) is 0 Å². The van der Waals surface area contributed by atoms with Crippen molar-refractivity contribution in [2.75, 3.05) is 25.6 Å². The Morgan fingerprint density at radius 1 is 1.28 bits per heavy atom. The molecule has 2 bridgehead atoms. The van der Waals surface area contributed by atoms with Crippen LogP contribution in [0.15, 0.2) is 24.3 Å². The molecule has 3 aliphatic rings. The molecule has 0 aromatic heterocycles. The summed E-state index contributed by atoms with van der Waals surface area (Å²) in [5.74, 6) is -1.59. The molecule has 1 aromatic rings. The molecule has 3 saturated heterocycles. The summed E-state index contributed by atoms with van der Waals surface area (Å²) in [7, 11) is 1.57. The Bertz CT molecular complexity index is 988. The van der Waals surface area contributed by atoms with E-state index in [-0.39, 0.29) is 29.2 Å². The quantitative estimate of drug-likeness (QED) is 0.375. The molecule has 7 atom stereocenters. The Balaban J connectivity index is 1.73. The second-order valence-corrected chi connectivity index (χ2v) is 11.6. The number of hydrogen-bond acceptors (Lipinski definition) is 6. The van der Waals surface area contributed by atoms with E-state index in [0.29, 0.717) is 30.8 Å². The van der Waals surface area contributed by atoms with Crippen molar-refractivity contribution in [2.45, 2.75) is 68.6 Å². The summed E-state index contributed by atoms with van der Waals surface area (Å²) in [5.41, 5.74) is -0.608. The zero-order chi connectivity index (χ0) is 26.2. The second-order valence-electron chi connectivity index (χ2n) is 10.4. The highest BCUT2D eigenvalue weighted by Gasteiger charge is 2.77. The summed E-state index contributed by atoms with van der Waals surface area (Å²) in [6.45, 7) is 6.19. The fourth-order valence-electron chi connectivity index (χ4n) is 6.13. The molecular weight excluding hydrogens is 530 g/mol. The van der Waals surface area contributed by atoms with Crippen LogP contribution in [-0.2, 0) is 19.1 Å². The summed E-state index contributed by atoms with van der Waals surface area (Å²) in [4.78, 5) is 42.5. The zero-order valence-electron chi connectivity index (χ0n) is 21.2. The van der Waals surface area contributed by atoms with Gasteiger partial charge < -0.3 is 30.1 Å². The lowest BCUT2D eigenvalue weighted by molar-refractivity contribution is -0.144. The minimum Gasteiger partial charge on any atom is -0.497 e. The third kappa shape index (κ3) is 4.52. The number of fused-ring (bicyclic) bond motifs is 1. The van der Waals surface area contributed by atoms with Crippen LogP contribution in [0, 0.1) is 17.8 Å². The number of methoxy groups -OCH3 is 1. The molecule has 198 valence electrons. The number of amides is 3. The van der Waals surface area contributed by atoms with Gasteiger partial charge in [-0.1, -0.05) is 36.7 Å². The summed E-state index contributed by atoms with van der Waals surface area (Å²) in [6, 6.07) is 5.38. The van der Waals surface area contributed by atoms with Crippen molar-refractivity contribution < 1.29 is 29.0 Å². The third-order valence-electron chi connectivity index (χ3n) is 7.53. The standard InChI is InChI=1S/C26H36BrN3O6/c1-5-10-28-23(32)19-20-25(34)30(16(13-31)11-14(2)3)22(26(20)12-18(27)21(19)36-26)24(33)29-15-6-8-17(35-4)9-7-15/h6-9,14,16,18-22,31H,5,10-13H2,1-4H3,(H,28,32)(H,29,33)/t16-,18?,19-,20+,21-,22?,26?/m1/s1. The van der Waals surface area contributed by atoms with E-state index in [9.17, 15) is 19.5 Å². The molecular formula is C26H36BrN3O6. The van der Waals surface area contributed by atoms with Crippen LogP contribution < -0.4 is 15.4 Å². The van der Waals surface area contributed by atoms with Crippen molar-refractivity contribution in [3.05, 3.63) is 24.3 Å². The number of aliphatic hydroxyl groups excluding tert-OH is 1. The van der Waals surface area contributed by atoms with E-state index in [4.69, 9.17) is 9.47 Å². The molecule has 3 aliphatic heterocycles. The number of nitrogens with zero attached hydrogens (tertiary/aromatic N) is 1. The molecule has 3 heterocycles. The Hall–Kier alpha value is -2.17. The van der Waals surface area contributed by atoms with E-state index in [1.807, 2.05) is 20.8 Å². The largest absolute Gasteiger partial charge is 0.497 e. The van der Waals surface area contributed by atoms with E-state index in [2.05, 4.69) is 26.6 Å². The van der Waals surface area contributed by atoms with Gasteiger partial charge in [-0.05, 0) is 49.4 Å². The predicted molar refractivity (Wildman–Crippen MR) is 138 cm³/mol. The highest BCUT2D eigenvalue weighted by Crippen LogP contribution is 2.60. The molecule has 3 unspecified atom stereocenters. The molecule has 1 spiro atoms. The Kier molecular flexibility index (Phi) is 7.97. The zero-order valence-corrected chi connectivity index (χ0v) is 22.8. The van der Waals surface area contributed by atoms with Crippen molar-refractivity contribution in [1.29, 1.82) is 0 Å². The maximum Gasteiger partial charge on any atom is 0.250 e. The van der Waals surface area contributed by atoms with Crippen LogP contribution in [0.5, 0.6) is 5.75 Å². The number of carbonyl (C=O) groups excluding carboxylic acids is 3. The van der Waals surface area contributed by atoms with Gasteiger partial charge >= 0.3 is 0 Å². The number of anilines is 1. The lowest BCUT2D eigenvalue weighted by Gasteiger charge is -2.37. The van der Waals surface area contributed by atoms with Gasteiger partial charge in [0.1, 0.15) is 17.4 Å². The maximum absolute atomic E-state index is 14.0. The number of ether oxygens (including phenoxy) is 2. The number of nitrogens with one attached hydrogen (secondary N) is 2. The van der Waals surface area contributed by atoms with Gasteiger partial charge in [-0.2, -0.15) is 0 Å². The lowest BCUT2D eigenvalue weighted by Crippen LogP contribution is -2.57. The van der Waals surface area contributed by atoms with Crippen LogP contribution in [0.3, 0.4) is 0 Å². The number of aliphatic hydroxyl groups is 1. The lowest BCUT2D eigenvalue weighted by atomic mass is 9.70. The van der Waals surface area contributed by atoms with Gasteiger partial charge in [0.15, 0.2) is 0 Å². The molecule has 36 heavy (non-hydrogen) atoms. The monoisotopic (exact) mass is 565 g/mol. The number of carbonyl (C=O) groups is 3. The highest BCUT2D eigenvalue weighted by molar-refractivity contribution is 9.09. The fourth-order valence-corrected chi connectivity index (χ4v) is 7.07. The second kappa shape index (κ2) is 10.7. The number of alkyl halides is 1. The van der Waals surface area contributed by atoms with Crippen molar-refractivity contribution in [3.8, 4) is 5.75 Å². The van der Waals surface area contributed by atoms with E-state index < -0.39 is 41.5 Å². The summed E-state index contributed by atoms with van der Waals surface area (Å²) in [5, 5.41) is 16.2. The van der Waals surface area contributed by atoms with Crippen molar-refractivity contribution in [1.82, 2.24) is 10.2 Å². The molecule has 3 N–H and O–H groups in total. The fraction of sp³-hybridized carbons (Fsp3) is 0.654. The Morgan fingerprint density at radius 2 is 1.97 bits per heavy atom. The van der Waals surface area contributed by atoms with Crippen LogP contribution in [0.1, 0.15) is 40.0 Å². The average molecular weight is 566 g/mol. The molecule has 9 nitrogen and oxygen atoms in total. The normalized spacial score (nSPS) is 31.5. The number of hydrogen-bond donors (Lipinski definition) is 3. The van der Waals surface area contributed by atoms with Crippen LogP contribution in [0.2, 0.25) is 0 Å². The first-order valence-electron chi connectivity index (χ1n) is 12.7. The minimum absolute atomic E-state index is 0.173. The molecule has 3 amide bonds. The summed E-state index contributed by atoms with van der Waals surface area (Å²) in [6.07, 6.45) is 1.20. The summed E-state index contributed by atoms with van der Waals surface area (Å²) >= 11 is 3.67. The molecule has 1 aromatic carbocycles. The van der Waals surface area contributed by atoms with Gasteiger partial charge in [-0.3, -0.25) is 14.4 Å². The topological polar surface area (TPSA) is 117 Å². The predicted octanol–water partition coefficient (Wildman–Crippen LogP) is 2.31. The van der Waals surface area contributed by atoms with Crippen molar-refractivity contribution in [3.63, 3.8) is 0 Å². The number of benzene rings is 1. The Morgan fingerprint density at radius 3 is 2.56 bits per heavy atom. The van der Waals surface area contributed by atoms with Crippen LogP contribution in [0.25, 0.3) is 0 Å². The van der Waals surface area contributed by atoms with Gasteiger partial charge in [0, 0.05) is 17.1 Å². The van der Waals surface area contributed by atoms with Crippen LogP contribution in [0.4, 0.5) is 5.69 Å². The van der Waals surface area contributed by atoms with Crippen molar-refractivity contribution >= 4 is 39.3 Å². The minimum atomic E-state index is -1.16. The highest BCUT2D eigenvalue weighted by atomic mass is 79.9. The van der Waals surface area contributed by atoms with E-state index in [0.717, 1.165) is 6.42 Å². The molecule has 0 aliphatic carbocycles. The van der Waals surface area contributed by atoms with Crippen LogP contribution >= 0.6 is 15.9 Å². The van der Waals surface area contributed by atoms with Gasteiger partial charge in [-0.15, -0.1) is 0 Å². The van der Waals surface area contributed by atoms with E-state index >= 15 is 0 Å². The molecule has 0 radical (unpaired) electrons. The first-order chi connectivity index (χ1) is 17.2. The molecule has 4 rings (SSSR count). The SMILES string of the molecule is CCCNC(=O)[C@H]1[C@@H]2OC3(CC2Br)C(C(=O)Nc2ccc(OC)cc2)N([C@@H](CO)CC(C)C)C(=O)[C@H]13. The van der Waals surface area contributed by atoms with Gasteiger partial charge in [0.2, 0.25) is 17.7 Å². The average Bonchev–Trinajstić information content (AvgIpc) is 3.44. The smallest absolute Gasteiger partial charge is 0.250 e. The van der Waals surface area contributed by atoms with Gasteiger partial charge in [0.05, 0.1) is 37.7 Å². The molecule has 10 heteroatoms. The van der Waals surface area contributed by atoms with E-state index in [1.54, 1.807) is 31.4 Å². The Labute approximate surface area is 220 Å². The first kappa shape index (κ1) is 26.9. The first-order valence-corrected chi connectivity index (χ1v) is 13.6. The van der Waals surface area contributed by atoms with E-state index in [1.165, 1.54) is 4.90 Å².